The van der Waals surface area contributed by atoms with E-state index in [9.17, 15) is 0 Å². The van der Waals surface area contributed by atoms with Crippen LogP contribution in [0, 0.1) is 41.7 Å². The van der Waals surface area contributed by atoms with Gasteiger partial charge in [0, 0.05) is 125 Å². The van der Waals surface area contributed by atoms with E-state index < -0.39 is 0 Å². The molecule has 9 heavy (non-hydrogen) atoms. The molecule has 0 rings (SSSR count). The van der Waals surface area contributed by atoms with E-state index in [4.69, 9.17) is 0 Å². The average molecular weight is 961 g/mol. The standard InChI is InChI=1S/Ag.Ce.Cu.In.Mo.Nb.PTe.W.3H/c;;;;;;1-2;;;;/q;;;;-1;;+1;;;;. The van der Waals surface area contributed by atoms with Gasteiger partial charge < -0.3 is 0 Å². The Morgan fingerprint density at radius 2 is 1.33 bits per heavy atom. The largest absolute Gasteiger partial charge is 0 e. The van der Waals surface area contributed by atoms with Crippen LogP contribution in [-0.2, 0) is 99.1 Å². The quantitative estimate of drug-likeness (QED) is 0.223. The first-order chi connectivity index (χ1) is 1.41. The van der Waals surface area contributed by atoms with Crippen LogP contribution in [0.2, 0.25) is 0 Å². The summed E-state index contributed by atoms with van der Waals surface area (Å²) in [6.07, 6.45) is 3.92. The van der Waals surface area contributed by atoms with Crippen molar-refractivity contribution in [3.8, 4) is 0 Å². The van der Waals surface area contributed by atoms with E-state index in [0.717, 1.165) is 0 Å². The minimum absolute atomic E-state index is 0. The SMILES string of the molecule is P#[Te][Mo].[Ag].[Ce].[Cu].[InH3].[Nb].[W]. The average Bonchev–Trinajstić information content (AvgIpc) is 0.918. The van der Waals surface area contributed by atoms with E-state index >= 15 is 0 Å². The molecule has 0 N–H and O–H groups in total. The van der Waals surface area contributed by atoms with Crippen molar-refractivity contribution in [2.45, 2.75) is 0 Å². The van der Waals surface area contributed by atoms with Crippen molar-refractivity contribution >= 4 is 48.5 Å². The fraction of sp³-hybridized carbons (Fsp3) is 0. The van der Waals surface area contributed by atoms with Gasteiger partial charge in [0.05, 0.1) is 0 Å². The Morgan fingerprint density at radius 3 is 1.33 bits per heavy atom. The van der Waals surface area contributed by atoms with Gasteiger partial charge in [-0.2, -0.15) is 0 Å². The summed E-state index contributed by atoms with van der Waals surface area (Å²) >= 11 is 2.24. The third-order valence-corrected chi connectivity index (χ3v) is 0. The first-order valence-electron chi connectivity index (χ1n) is 0.349. The molecule has 0 aromatic carbocycles. The molecule has 0 atom stereocenters. The van der Waals surface area contributed by atoms with Crippen LogP contribution >= 0.6 is 6.24 Å². The van der Waals surface area contributed by atoms with Crippen molar-refractivity contribution < 1.29 is 141 Å². The summed E-state index contributed by atoms with van der Waals surface area (Å²) in [5.74, 6) is 0. The van der Waals surface area contributed by atoms with Crippen molar-refractivity contribution in [2.75, 3.05) is 0 Å². The predicted molar refractivity (Wildman–Crippen MR) is 22.6 cm³/mol. The molecule has 0 fully saturated rings. The van der Waals surface area contributed by atoms with Gasteiger partial charge in [-0.15, -0.1) is 0 Å². The second-order valence-corrected chi connectivity index (χ2v) is 8.87. The molecule has 0 aromatic rings. The summed E-state index contributed by atoms with van der Waals surface area (Å²) < 4.78 is 0. The molecule has 3 radical (unpaired) electrons. The van der Waals surface area contributed by atoms with Gasteiger partial charge in [0.1, 0.15) is 0 Å². The molecule has 60 valence electrons. The first-order valence-corrected chi connectivity index (χ1v) is 10.3. The molecule has 0 amide bonds. The molecule has 0 aliphatic rings. The van der Waals surface area contributed by atoms with Gasteiger partial charge in [0.2, 0.25) is 0 Å². The van der Waals surface area contributed by atoms with Gasteiger partial charge in [0.25, 0.3) is 0 Å². The van der Waals surface area contributed by atoms with Crippen LogP contribution in [0.15, 0.2) is 0 Å². The van der Waals surface area contributed by atoms with E-state index in [2.05, 4.69) is 22.4 Å². The van der Waals surface area contributed by atoms with Gasteiger partial charge in [-0.05, 0) is 0 Å². The second kappa shape index (κ2) is 46.2. The zero-order valence-electron chi connectivity index (χ0n) is 3.22. The maximum absolute atomic E-state index is 3.92. The summed E-state index contributed by atoms with van der Waals surface area (Å²) in [7, 11) is 0. The molecule has 0 nitrogen and oxygen atoms in total. The van der Waals surface area contributed by atoms with E-state index in [1.54, 1.807) is 0 Å². The topological polar surface area (TPSA) is 0 Å². The molecule has 0 aliphatic heterocycles. The van der Waals surface area contributed by atoms with Crippen LogP contribution in [0.25, 0.3) is 0 Å². The molecule has 0 saturated carbocycles. The molecule has 0 unspecified atom stereocenters. The first kappa shape index (κ1) is 44.6. The molecule has 9 heteroatoms. The molecule has 0 aromatic heterocycles. The maximum Gasteiger partial charge on any atom is 0 e. The zero-order chi connectivity index (χ0) is 2.71. The van der Waals surface area contributed by atoms with Crippen molar-refractivity contribution in [1.82, 2.24) is 0 Å². The third-order valence-electron chi connectivity index (χ3n) is 0. The van der Waals surface area contributed by atoms with Crippen molar-refractivity contribution in [3.05, 3.63) is 0 Å². The van der Waals surface area contributed by atoms with Crippen LogP contribution in [-0.4, -0.2) is 42.3 Å². The Morgan fingerprint density at radius 1 is 1.33 bits per heavy atom. The minimum atomic E-state index is 0. The van der Waals surface area contributed by atoms with Gasteiger partial charge in [-0.3, -0.25) is 0 Å². The second-order valence-electron chi connectivity index (χ2n) is 0.0745. The van der Waals surface area contributed by atoms with Crippen molar-refractivity contribution in [1.29, 1.82) is 0 Å². The molecule has 0 bridgehead atoms. The minimum Gasteiger partial charge on any atom is 0 e. The normalized spacial score (nSPS) is 1.22. The summed E-state index contributed by atoms with van der Waals surface area (Å²) in [5.41, 5.74) is 0. The Balaban J connectivity index is -0.00000000133. The summed E-state index contributed by atoms with van der Waals surface area (Å²) in [6, 6.07) is 0. The maximum atomic E-state index is 3.92. The van der Waals surface area contributed by atoms with Gasteiger partial charge in [-0.1, -0.05) is 0 Å². The third kappa shape index (κ3) is 52.3. The fourth-order valence-corrected chi connectivity index (χ4v) is 0. The van der Waals surface area contributed by atoms with E-state index in [1.807, 2.05) is 0 Å². The van der Waals surface area contributed by atoms with E-state index in [0.29, 0.717) is 0 Å². The Kier molecular flexibility index (Phi) is 229. The van der Waals surface area contributed by atoms with Crippen LogP contribution in [0.4, 0.5) is 0 Å². The summed E-state index contributed by atoms with van der Waals surface area (Å²) in [6.45, 7) is 0. The van der Waals surface area contributed by atoms with Crippen LogP contribution in [0.3, 0.4) is 0 Å². The Labute approximate surface area is 184 Å². The van der Waals surface area contributed by atoms with Crippen LogP contribution in [0.1, 0.15) is 0 Å². The Bertz CT molecular complexity index is 50.0. The molecule has 0 saturated heterocycles. The number of hydrogen-bond acceptors (Lipinski definition) is 0. The molecule has 0 spiro atoms. The van der Waals surface area contributed by atoms with E-state index in [1.165, 1.54) is 0 Å². The Hall–Kier alpha value is 6.84. The van der Waals surface area contributed by atoms with Gasteiger partial charge in [-0.25, -0.2) is 0 Å². The van der Waals surface area contributed by atoms with Crippen LogP contribution < -0.4 is 0 Å². The summed E-state index contributed by atoms with van der Waals surface area (Å²) in [4.78, 5) is 0. The van der Waals surface area contributed by atoms with Crippen molar-refractivity contribution in [3.63, 3.8) is 0 Å². The monoisotopic (exact) mass is 963 g/mol. The molecular weight excluding hydrogens is 958 g/mol. The van der Waals surface area contributed by atoms with E-state index in [-0.39, 0.29) is 167 Å². The zero-order valence-corrected chi connectivity index (χ0v) is 19.1. The van der Waals surface area contributed by atoms with Crippen molar-refractivity contribution in [2.24, 2.45) is 0 Å². The fourth-order valence-electron chi connectivity index (χ4n) is 0. The smallest absolute Gasteiger partial charge is 0 e. The summed E-state index contributed by atoms with van der Waals surface area (Å²) in [5, 5.41) is 0. The van der Waals surface area contributed by atoms with Crippen LogP contribution in [0.5, 0.6) is 0 Å². The predicted octanol–water partition coefficient (Wildman–Crippen LogP) is -0.716. The molecule has 0 heterocycles. The molecular formula is H3AgCeCuInMoNbPTeW. The number of rotatable bonds is 0. The van der Waals surface area contributed by atoms with Gasteiger partial charge >= 0.3 is 64.7 Å². The molecule has 0 aliphatic carbocycles. The number of hydrogen-bond donors (Lipinski definition) is 0. The van der Waals surface area contributed by atoms with Gasteiger partial charge in [0.15, 0.2) is 0 Å².